The summed E-state index contributed by atoms with van der Waals surface area (Å²) >= 11 is 1.52. The van der Waals surface area contributed by atoms with Gasteiger partial charge in [0.15, 0.2) is 6.61 Å². The number of benzene rings is 1. The number of rotatable bonds is 9. The number of hydrogen-bond acceptors (Lipinski definition) is 9. The van der Waals surface area contributed by atoms with Crippen molar-refractivity contribution in [3.63, 3.8) is 0 Å². The number of hydrogen-bond donors (Lipinski definition) is 0. The fourth-order valence-corrected chi connectivity index (χ4v) is 3.54. The van der Waals surface area contributed by atoms with Crippen LogP contribution in [-0.2, 0) is 11.3 Å². The van der Waals surface area contributed by atoms with Gasteiger partial charge in [-0.25, -0.2) is 0 Å². The van der Waals surface area contributed by atoms with Crippen LogP contribution < -0.4 is 4.74 Å². The highest BCUT2D eigenvalue weighted by molar-refractivity contribution is 7.13. The molecule has 3 aromatic heterocycles. The summed E-state index contributed by atoms with van der Waals surface area (Å²) in [5.41, 5.74) is 0.807. The molecule has 0 aliphatic heterocycles. The number of nitrogens with zero attached hydrogens (tertiary/aromatic N) is 5. The highest BCUT2D eigenvalue weighted by Crippen LogP contribution is 2.23. The molecule has 1 amide bonds. The van der Waals surface area contributed by atoms with E-state index in [9.17, 15) is 4.79 Å². The van der Waals surface area contributed by atoms with Crippen LogP contribution in [0, 0.1) is 6.92 Å². The maximum absolute atomic E-state index is 12.7. The monoisotopic (exact) mass is 439 g/mol. The average molecular weight is 439 g/mol. The van der Waals surface area contributed by atoms with E-state index in [2.05, 4.69) is 20.3 Å². The van der Waals surface area contributed by atoms with Gasteiger partial charge >= 0.3 is 0 Å². The lowest BCUT2D eigenvalue weighted by Gasteiger charge is -2.20. The van der Waals surface area contributed by atoms with Crippen molar-refractivity contribution in [2.75, 3.05) is 13.2 Å². The molecule has 0 saturated heterocycles. The first-order valence-electron chi connectivity index (χ1n) is 9.80. The largest absolute Gasteiger partial charge is 0.484 e. The minimum Gasteiger partial charge on any atom is -0.484 e. The maximum Gasteiger partial charge on any atom is 0.260 e. The van der Waals surface area contributed by atoms with Crippen molar-refractivity contribution < 1.29 is 18.5 Å². The topological polar surface area (TPSA) is 107 Å². The summed E-state index contributed by atoms with van der Waals surface area (Å²) in [5, 5.41) is 14.0. The van der Waals surface area contributed by atoms with Gasteiger partial charge < -0.3 is 18.6 Å². The highest BCUT2D eigenvalue weighted by Gasteiger charge is 2.18. The molecule has 10 heteroatoms. The summed E-state index contributed by atoms with van der Waals surface area (Å²) < 4.78 is 16.4. The molecule has 0 aliphatic carbocycles. The fraction of sp³-hybridized carbons (Fsp3) is 0.286. The van der Waals surface area contributed by atoms with Crippen LogP contribution in [0.4, 0.5) is 0 Å². The zero-order valence-corrected chi connectivity index (χ0v) is 18.0. The minimum atomic E-state index is -0.157. The van der Waals surface area contributed by atoms with Gasteiger partial charge in [0.05, 0.1) is 11.4 Å². The predicted octanol–water partition coefficient (Wildman–Crippen LogP) is 3.97. The van der Waals surface area contributed by atoms with Gasteiger partial charge in [-0.2, -0.15) is 4.98 Å². The number of carbonyl (C=O) groups excluding carboxylic acids is 1. The van der Waals surface area contributed by atoms with Crippen LogP contribution in [0.1, 0.15) is 25.1 Å². The molecule has 0 spiro atoms. The third-order valence-electron chi connectivity index (χ3n) is 4.37. The lowest BCUT2D eigenvalue weighted by atomic mass is 10.2. The van der Waals surface area contributed by atoms with Crippen LogP contribution in [0.15, 0.2) is 50.7 Å². The molecular weight excluding hydrogens is 418 g/mol. The van der Waals surface area contributed by atoms with Crippen molar-refractivity contribution >= 4 is 17.2 Å². The third kappa shape index (κ3) is 5.15. The molecule has 160 valence electrons. The molecule has 3 heterocycles. The summed E-state index contributed by atoms with van der Waals surface area (Å²) in [6.07, 6.45) is 0.802. The quantitative estimate of drug-likeness (QED) is 0.385. The number of aryl methyl sites for hydroxylation is 1. The van der Waals surface area contributed by atoms with Crippen molar-refractivity contribution in [1.29, 1.82) is 0 Å². The first-order chi connectivity index (χ1) is 15.1. The van der Waals surface area contributed by atoms with Crippen LogP contribution >= 0.6 is 11.3 Å². The molecule has 0 fully saturated rings. The lowest BCUT2D eigenvalue weighted by Crippen LogP contribution is -2.35. The van der Waals surface area contributed by atoms with E-state index in [0.29, 0.717) is 35.8 Å². The second kappa shape index (κ2) is 9.52. The number of amides is 1. The van der Waals surface area contributed by atoms with Gasteiger partial charge in [-0.1, -0.05) is 18.1 Å². The van der Waals surface area contributed by atoms with E-state index in [1.807, 2.05) is 36.6 Å². The van der Waals surface area contributed by atoms with E-state index in [1.165, 1.54) is 11.3 Å². The van der Waals surface area contributed by atoms with Crippen LogP contribution in [0.5, 0.6) is 5.75 Å². The first kappa shape index (κ1) is 20.7. The lowest BCUT2D eigenvalue weighted by molar-refractivity contribution is -0.134. The Hall–Kier alpha value is -3.53. The summed E-state index contributed by atoms with van der Waals surface area (Å²) in [5.74, 6) is 2.28. The van der Waals surface area contributed by atoms with E-state index in [-0.39, 0.29) is 19.1 Å². The van der Waals surface area contributed by atoms with Crippen LogP contribution in [0.3, 0.4) is 0 Å². The summed E-state index contributed by atoms with van der Waals surface area (Å²) in [6.45, 7) is 4.45. The minimum absolute atomic E-state index is 0.0907. The van der Waals surface area contributed by atoms with Crippen LogP contribution in [0.25, 0.3) is 22.2 Å². The van der Waals surface area contributed by atoms with Crippen LogP contribution in [0.2, 0.25) is 0 Å². The standard InChI is InChI=1S/C21H21N5O4S/c1-3-10-26(12-18-23-24-21(29-18)17-5-4-11-31-17)19(27)13-28-16-8-6-15(7-9-16)20-22-14(2)30-25-20/h4-9,11H,3,10,12-13H2,1-2H3. The Morgan fingerprint density at radius 3 is 2.71 bits per heavy atom. The Kier molecular flexibility index (Phi) is 6.37. The Morgan fingerprint density at radius 2 is 2.03 bits per heavy atom. The Balaban J connectivity index is 1.35. The van der Waals surface area contributed by atoms with Gasteiger partial charge in [-0.15, -0.1) is 21.5 Å². The van der Waals surface area contributed by atoms with E-state index in [0.717, 1.165) is 16.9 Å². The van der Waals surface area contributed by atoms with Gasteiger partial charge in [0.1, 0.15) is 5.75 Å². The molecule has 0 radical (unpaired) electrons. The number of aromatic nitrogens is 4. The molecule has 9 nitrogen and oxygen atoms in total. The second-order valence-corrected chi connectivity index (χ2v) is 7.69. The van der Waals surface area contributed by atoms with Crippen molar-refractivity contribution in [3.05, 3.63) is 53.6 Å². The molecular formula is C21H21N5O4S. The molecule has 4 aromatic rings. The van der Waals surface area contributed by atoms with Gasteiger partial charge in [-0.05, 0) is 42.1 Å². The van der Waals surface area contributed by atoms with Crippen molar-refractivity contribution in [1.82, 2.24) is 25.2 Å². The average Bonchev–Trinajstić information content (AvgIpc) is 3.54. The van der Waals surface area contributed by atoms with E-state index < -0.39 is 0 Å². The normalized spacial score (nSPS) is 10.9. The Bertz CT molecular complexity index is 1120. The zero-order chi connectivity index (χ0) is 21.6. The maximum atomic E-state index is 12.7. The molecule has 0 aliphatic rings. The highest BCUT2D eigenvalue weighted by atomic mass is 32.1. The van der Waals surface area contributed by atoms with E-state index >= 15 is 0 Å². The van der Waals surface area contributed by atoms with Gasteiger partial charge in [0.2, 0.25) is 17.6 Å². The van der Waals surface area contributed by atoms with Crippen LogP contribution in [-0.4, -0.2) is 44.3 Å². The summed E-state index contributed by atoms with van der Waals surface area (Å²) in [7, 11) is 0. The van der Waals surface area contributed by atoms with Crippen molar-refractivity contribution in [2.24, 2.45) is 0 Å². The zero-order valence-electron chi connectivity index (χ0n) is 17.1. The molecule has 0 bridgehead atoms. The Labute approximate surface area is 182 Å². The SMILES string of the molecule is CCCN(Cc1nnc(-c2cccs2)o1)C(=O)COc1ccc(-c2noc(C)n2)cc1. The molecule has 0 N–H and O–H groups in total. The second-order valence-electron chi connectivity index (χ2n) is 6.74. The predicted molar refractivity (Wildman–Crippen MR) is 113 cm³/mol. The first-order valence-corrected chi connectivity index (χ1v) is 10.7. The van der Waals surface area contributed by atoms with E-state index in [1.54, 1.807) is 24.0 Å². The molecule has 0 saturated carbocycles. The number of thiophene rings is 1. The molecule has 31 heavy (non-hydrogen) atoms. The van der Waals surface area contributed by atoms with Gasteiger partial charge in [-0.3, -0.25) is 4.79 Å². The summed E-state index contributed by atoms with van der Waals surface area (Å²) in [4.78, 5) is 19.5. The molecule has 1 aromatic carbocycles. The van der Waals surface area contributed by atoms with Gasteiger partial charge in [0, 0.05) is 19.0 Å². The molecule has 0 unspecified atom stereocenters. The smallest absolute Gasteiger partial charge is 0.260 e. The number of carbonyl (C=O) groups is 1. The fourth-order valence-electron chi connectivity index (χ4n) is 2.90. The molecule has 0 atom stereocenters. The van der Waals surface area contributed by atoms with Gasteiger partial charge in [0.25, 0.3) is 11.8 Å². The number of ether oxygens (including phenoxy) is 1. The third-order valence-corrected chi connectivity index (χ3v) is 5.23. The van der Waals surface area contributed by atoms with E-state index in [4.69, 9.17) is 13.7 Å². The Morgan fingerprint density at radius 1 is 1.19 bits per heavy atom. The molecule has 4 rings (SSSR count). The van der Waals surface area contributed by atoms with Crippen molar-refractivity contribution in [2.45, 2.75) is 26.8 Å². The summed E-state index contributed by atoms with van der Waals surface area (Å²) in [6, 6.07) is 11.0. The van der Waals surface area contributed by atoms with Crippen molar-refractivity contribution in [3.8, 4) is 27.9 Å².